The van der Waals surface area contributed by atoms with E-state index < -0.39 is 6.04 Å². The van der Waals surface area contributed by atoms with Crippen molar-refractivity contribution in [2.75, 3.05) is 12.9 Å². The maximum Gasteiger partial charge on any atom is 0.243 e. The van der Waals surface area contributed by atoms with E-state index in [-0.39, 0.29) is 23.6 Å². The molecule has 0 saturated heterocycles. The molecular weight excluding hydrogens is 504 g/mol. The van der Waals surface area contributed by atoms with Crippen molar-refractivity contribution >= 4 is 35.2 Å². The molecule has 0 bridgehead atoms. The van der Waals surface area contributed by atoms with Gasteiger partial charge in [0.05, 0.1) is 12.9 Å². The molecule has 3 aromatic carbocycles. The highest BCUT2D eigenvalue weighted by molar-refractivity contribution is 7.99. The van der Waals surface area contributed by atoms with E-state index in [0.29, 0.717) is 29.5 Å². The van der Waals surface area contributed by atoms with Crippen molar-refractivity contribution in [3.63, 3.8) is 0 Å². The first-order valence-electron chi connectivity index (χ1n) is 12.5. The van der Waals surface area contributed by atoms with Crippen molar-refractivity contribution in [1.29, 1.82) is 0 Å². The highest BCUT2D eigenvalue weighted by Crippen LogP contribution is 2.21. The quantitative estimate of drug-likeness (QED) is 0.284. The fourth-order valence-electron chi connectivity index (χ4n) is 3.88. The smallest absolute Gasteiger partial charge is 0.243 e. The van der Waals surface area contributed by atoms with Crippen LogP contribution in [-0.2, 0) is 28.3 Å². The molecule has 0 fully saturated rings. The summed E-state index contributed by atoms with van der Waals surface area (Å²) in [6, 6.07) is 24.5. The minimum absolute atomic E-state index is 0.0128. The van der Waals surface area contributed by atoms with Crippen LogP contribution in [0.2, 0.25) is 5.02 Å². The lowest BCUT2D eigenvalue weighted by Gasteiger charge is -2.32. The van der Waals surface area contributed by atoms with E-state index in [1.165, 1.54) is 11.8 Å². The van der Waals surface area contributed by atoms with Gasteiger partial charge in [-0.1, -0.05) is 73.1 Å². The predicted octanol–water partition coefficient (Wildman–Crippen LogP) is 6.14. The van der Waals surface area contributed by atoms with Crippen molar-refractivity contribution in [2.45, 2.75) is 51.1 Å². The molecule has 3 aromatic rings. The summed E-state index contributed by atoms with van der Waals surface area (Å²) >= 11 is 7.53. The number of ether oxygens (including phenoxy) is 1. The van der Waals surface area contributed by atoms with Gasteiger partial charge in [-0.3, -0.25) is 9.59 Å². The van der Waals surface area contributed by atoms with Crippen LogP contribution in [0.3, 0.4) is 0 Å². The van der Waals surface area contributed by atoms with Crippen molar-refractivity contribution in [2.24, 2.45) is 0 Å². The lowest BCUT2D eigenvalue weighted by atomic mass is 10.0. The molecule has 0 spiro atoms. The molecule has 37 heavy (non-hydrogen) atoms. The minimum atomic E-state index is -0.647. The second-order valence-corrected chi connectivity index (χ2v) is 10.4. The molecule has 0 aliphatic heterocycles. The Balaban J connectivity index is 1.86. The average molecular weight is 539 g/mol. The Labute approximate surface area is 229 Å². The second kappa shape index (κ2) is 14.7. The first kappa shape index (κ1) is 28.6. The Morgan fingerprint density at radius 2 is 1.68 bits per heavy atom. The van der Waals surface area contributed by atoms with Crippen LogP contribution in [-0.4, -0.2) is 41.7 Å². The Morgan fingerprint density at radius 1 is 0.973 bits per heavy atom. The molecule has 0 radical (unpaired) electrons. The molecule has 0 unspecified atom stereocenters. The summed E-state index contributed by atoms with van der Waals surface area (Å²) < 4.78 is 5.39. The van der Waals surface area contributed by atoms with E-state index in [4.69, 9.17) is 16.3 Å². The number of carbonyl (C=O) groups is 2. The number of methoxy groups -OCH3 is 1. The van der Waals surface area contributed by atoms with E-state index in [2.05, 4.69) is 5.32 Å². The monoisotopic (exact) mass is 538 g/mol. The molecule has 7 heteroatoms. The first-order valence-corrected chi connectivity index (χ1v) is 14.0. The number of hydrogen-bond donors (Lipinski definition) is 1. The number of carbonyl (C=O) groups excluding carboxylic acids is 2. The van der Waals surface area contributed by atoms with Crippen molar-refractivity contribution in [3.05, 3.63) is 101 Å². The molecule has 0 aliphatic rings. The summed E-state index contributed by atoms with van der Waals surface area (Å²) in [5.74, 6) is 1.43. The largest absolute Gasteiger partial charge is 0.497 e. The lowest BCUT2D eigenvalue weighted by Crippen LogP contribution is -2.52. The topological polar surface area (TPSA) is 58.6 Å². The summed E-state index contributed by atoms with van der Waals surface area (Å²) in [4.78, 5) is 29.0. The van der Waals surface area contributed by atoms with Gasteiger partial charge in [0, 0.05) is 29.8 Å². The summed E-state index contributed by atoms with van der Waals surface area (Å²) in [6.07, 6.45) is 1.24. The van der Waals surface area contributed by atoms with Gasteiger partial charge in [-0.2, -0.15) is 0 Å². The molecule has 2 amide bonds. The third-order valence-corrected chi connectivity index (χ3v) is 7.41. The van der Waals surface area contributed by atoms with Crippen LogP contribution in [0.15, 0.2) is 78.9 Å². The highest BCUT2D eigenvalue weighted by Gasteiger charge is 2.31. The van der Waals surface area contributed by atoms with Crippen molar-refractivity contribution < 1.29 is 14.3 Å². The van der Waals surface area contributed by atoms with Gasteiger partial charge < -0.3 is 15.0 Å². The fraction of sp³-hybridized carbons (Fsp3) is 0.333. The van der Waals surface area contributed by atoms with Gasteiger partial charge >= 0.3 is 0 Å². The highest BCUT2D eigenvalue weighted by atomic mass is 35.5. The van der Waals surface area contributed by atoms with E-state index in [9.17, 15) is 9.59 Å². The number of hydrogen-bond acceptors (Lipinski definition) is 4. The minimum Gasteiger partial charge on any atom is -0.497 e. The molecule has 196 valence electrons. The van der Waals surface area contributed by atoms with Gasteiger partial charge in [0.25, 0.3) is 0 Å². The number of benzene rings is 3. The molecule has 0 aromatic heterocycles. The lowest BCUT2D eigenvalue weighted by molar-refractivity contribution is -0.139. The van der Waals surface area contributed by atoms with Crippen LogP contribution in [0.1, 0.15) is 37.0 Å². The maximum atomic E-state index is 13.7. The molecule has 0 aliphatic carbocycles. The summed E-state index contributed by atoms with van der Waals surface area (Å²) in [5, 5.41) is 3.79. The zero-order valence-corrected chi connectivity index (χ0v) is 23.2. The SMILES string of the molecule is CC[C@H](C)NC(=O)[C@H](Cc1ccccc1)N(Cc1cccc(OC)c1)C(=O)CSCc1ccc(Cl)cc1. The number of nitrogens with one attached hydrogen (secondary N) is 1. The normalized spacial score (nSPS) is 12.4. The Hall–Kier alpha value is -2.96. The van der Waals surface area contributed by atoms with Gasteiger partial charge in [0.2, 0.25) is 11.8 Å². The zero-order valence-electron chi connectivity index (χ0n) is 21.7. The zero-order chi connectivity index (χ0) is 26.6. The Kier molecular flexibility index (Phi) is 11.4. The van der Waals surface area contributed by atoms with Gasteiger partial charge in [-0.05, 0) is 54.3 Å². The van der Waals surface area contributed by atoms with Crippen LogP contribution in [0.5, 0.6) is 5.75 Å². The molecular formula is C30H35ClN2O3S. The van der Waals surface area contributed by atoms with Crippen LogP contribution in [0.25, 0.3) is 0 Å². The summed E-state index contributed by atoms with van der Waals surface area (Å²) in [5.41, 5.74) is 3.01. The molecule has 2 atom stereocenters. The second-order valence-electron chi connectivity index (χ2n) is 9.02. The molecule has 5 nitrogen and oxygen atoms in total. The number of rotatable bonds is 13. The summed E-state index contributed by atoms with van der Waals surface area (Å²) in [7, 11) is 1.62. The molecule has 0 heterocycles. The van der Waals surface area contributed by atoms with Crippen LogP contribution >= 0.6 is 23.4 Å². The standard InChI is InChI=1S/C30H35ClN2O3S/c1-4-22(2)32-30(35)28(18-23-9-6-5-7-10-23)33(19-25-11-8-12-27(17-25)36-3)29(34)21-37-20-24-13-15-26(31)16-14-24/h5-17,22,28H,4,18-21H2,1-3H3,(H,32,35)/t22-,28-/m0/s1. The van der Waals surface area contributed by atoms with Crippen LogP contribution < -0.4 is 10.1 Å². The molecule has 0 saturated carbocycles. The first-order chi connectivity index (χ1) is 17.9. The Morgan fingerprint density at radius 3 is 2.35 bits per heavy atom. The van der Waals surface area contributed by atoms with Gasteiger partial charge in [-0.25, -0.2) is 0 Å². The van der Waals surface area contributed by atoms with E-state index >= 15 is 0 Å². The van der Waals surface area contributed by atoms with Gasteiger partial charge in [0.15, 0.2) is 0 Å². The number of thioether (sulfide) groups is 1. The molecule has 1 N–H and O–H groups in total. The van der Waals surface area contributed by atoms with E-state index in [1.807, 2.05) is 92.7 Å². The third kappa shape index (κ3) is 9.13. The average Bonchev–Trinajstić information content (AvgIpc) is 2.92. The predicted molar refractivity (Wildman–Crippen MR) is 153 cm³/mol. The Bertz CT molecular complexity index is 1140. The summed E-state index contributed by atoms with van der Waals surface area (Å²) in [6.45, 7) is 4.32. The number of amides is 2. The van der Waals surface area contributed by atoms with Crippen LogP contribution in [0.4, 0.5) is 0 Å². The fourth-order valence-corrected chi connectivity index (χ4v) is 4.88. The van der Waals surface area contributed by atoms with Crippen molar-refractivity contribution in [3.8, 4) is 5.75 Å². The number of halogens is 1. The molecule has 3 rings (SSSR count). The van der Waals surface area contributed by atoms with E-state index in [1.54, 1.807) is 12.0 Å². The number of nitrogens with zero attached hydrogens (tertiary/aromatic N) is 1. The van der Waals surface area contributed by atoms with Crippen molar-refractivity contribution in [1.82, 2.24) is 10.2 Å². The maximum absolute atomic E-state index is 13.7. The third-order valence-electron chi connectivity index (χ3n) is 6.17. The van der Waals surface area contributed by atoms with Gasteiger partial charge in [0.1, 0.15) is 11.8 Å². The van der Waals surface area contributed by atoms with Gasteiger partial charge in [-0.15, -0.1) is 11.8 Å². The van der Waals surface area contributed by atoms with E-state index in [0.717, 1.165) is 23.1 Å². The van der Waals surface area contributed by atoms with Crippen LogP contribution in [0, 0.1) is 0 Å².